The topological polar surface area (TPSA) is 47.3 Å². The largest absolute Gasteiger partial charge is 0.507 e. The summed E-state index contributed by atoms with van der Waals surface area (Å²) in [5, 5.41) is 9.55. The number of para-hydroxylation sites is 1. The van der Waals surface area contributed by atoms with E-state index in [1.807, 2.05) is 6.07 Å². The number of hydrogen-bond acceptors (Lipinski definition) is 3. The Morgan fingerprint density at radius 3 is 2.79 bits per heavy atom. The van der Waals surface area contributed by atoms with Crippen molar-refractivity contribution in [3.05, 3.63) is 36.8 Å². The van der Waals surface area contributed by atoms with Crippen LogP contribution in [0, 0.1) is 0 Å². The van der Waals surface area contributed by atoms with Crippen LogP contribution in [0.25, 0.3) is 11.3 Å². The Bertz CT molecular complexity index is 442. The molecule has 0 spiro atoms. The molecule has 0 fully saturated rings. The third-order valence-electron chi connectivity index (χ3n) is 1.82. The monoisotopic (exact) mass is 302 g/mol. The molecule has 0 radical (unpaired) electrons. The van der Waals surface area contributed by atoms with Crippen molar-refractivity contribution in [1.82, 2.24) is 9.71 Å². The minimum atomic E-state index is 0.214. The molecule has 0 saturated heterocycles. The van der Waals surface area contributed by atoms with Crippen molar-refractivity contribution in [2.45, 2.75) is 0 Å². The molecule has 0 atom stereocenters. The molecular formula is C9H7IN2O2. The van der Waals surface area contributed by atoms with Gasteiger partial charge in [0.2, 0.25) is 23.0 Å². The van der Waals surface area contributed by atoms with Crippen LogP contribution in [-0.2, 0) is 0 Å². The molecular weight excluding hydrogens is 295 g/mol. The molecule has 4 nitrogen and oxygen atoms in total. The highest BCUT2D eigenvalue weighted by molar-refractivity contribution is 14.1. The van der Waals surface area contributed by atoms with Crippen LogP contribution in [0.3, 0.4) is 0 Å². The van der Waals surface area contributed by atoms with E-state index in [1.165, 1.54) is 11.1 Å². The Balaban J connectivity index is 2.44. The Labute approximate surface area is 94.8 Å². The molecule has 0 aliphatic rings. The summed E-state index contributed by atoms with van der Waals surface area (Å²) in [7, 11) is 0. The third-order valence-corrected chi connectivity index (χ3v) is 2.27. The third kappa shape index (κ3) is 1.67. The first-order valence-corrected chi connectivity index (χ1v) is 4.81. The van der Waals surface area contributed by atoms with Crippen molar-refractivity contribution in [3.8, 4) is 17.0 Å². The molecule has 0 aliphatic carbocycles. The van der Waals surface area contributed by atoms with Crippen LogP contribution in [0.1, 0.15) is 0 Å². The van der Waals surface area contributed by atoms with Gasteiger partial charge in [-0.2, -0.15) is 4.73 Å². The van der Waals surface area contributed by atoms with Crippen LogP contribution >= 0.6 is 23.0 Å². The summed E-state index contributed by atoms with van der Waals surface area (Å²) in [6.45, 7) is 0. The van der Waals surface area contributed by atoms with E-state index in [2.05, 4.69) is 4.98 Å². The molecule has 1 aromatic carbocycles. The molecule has 2 rings (SSSR count). The Morgan fingerprint density at radius 2 is 2.14 bits per heavy atom. The number of nitrogens with zero attached hydrogens (tertiary/aromatic N) is 2. The lowest BCUT2D eigenvalue weighted by Gasteiger charge is -1.98. The summed E-state index contributed by atoms with van der Waals surface area (Å²) >= 11 is 1.76. The lowest BCUT2D eigenvalue weighted by Crippen LogP contribution is -1.93. The quantitative estimate of drug-likeness (QED) is 0.864. The van der Waals surface area contributed by atoms with Crippen LogP contribution in [0.2, 0.25) is 0 Å². The van der Waals surface area contributed by atoms with E-state index in [4.69, 9.17) is 3.17 Å². The minimum Gasteiger partial charge on any atom is -0.507 e. The average molecular weight is 302 g/mol. The molecule has 0 bridgehead atoms. The van der Waals surface area contributed by atoms with E-state index >= 15 is 0 Å². The van der Waals surface area contributed by atoms with E-state index < -0.39 is 0 Å². The van der Waals surface area contributed by atoms with Gasteiger partial charge in [-0.1, -0.05) is 12.1 Å². The summed E-state index contributed by atoms with van der Waals surface area (Å²) in [4.78, 5) is 4.09. The van der Waals surface area contributed by atoms with Gasteiger partial charge in [0.15, 0.2) is 0 Å². The van der Waals surface area contributed by atoms with E-state index in [0.29, 0.717) is 11.3 Å². The number of rotatable bonds is 2. The number of benzene rings is 1. The molecule has 14 heavy (non-hydrogen) atoms. The molecule has 0 aliphatic heterocycles. The smallest absolute Gasteiger partial charge is 0.227 e. The summed E-state index contributed by atoms with van der Waals surface area (Å²) in [6, 6.07) is 7.04. The van der Waals surface area contributed by atoms with Gasteiger partial charge in [-0.05, 0) is 12.1 Å². The van der Waals surface area contributed by atoms with Gasteiger partial charge in [0.1, 0.15) is 12.1 Å². The molecule has 2 aromatic rings. The predicted molar refractivity (Wildman–Crippen MR) is 59.9 cm³/mol. The lowest BCUT2D eigenvalue weighted by molar-refractivity contribution is 0.369. The number of phenolic OH excluding ortho intramolecular Hbond substituents is 1. The van der Waals surface area contributed by atoms with Gasteiger partial charge in [0.25, 0.3) is 0 Å². The Hall–Kier alpha value is -1.24. The van der Waals surface area contributed by atoms with E-state index in [1.54, 1.807) is 47.4 Å². The first-order chi connectivity index (χ1) is 6.81. The van der Waals surface area contributed by atoms with Crippen molar-refractivity contribution >= 4 is 23.0 Å². The van der Waals surface area contributed by atoms with E-state index in [0.717, 1.165) is 0 Å². The van der Waals surface area contributed by atoms with Gasteiger partial charge in [-0.25, -0.2) is 4.98 Å². The predicted octanol–water partition coefficient (Wildman–Crippen LogP) is 2.03. The fourth-order valence-corrected chi connectivity index (χ4v) is 1.39. The van der Waals surface area contributed by atoms with Gasteiger partial charge in [-0.15, -0.1) is 0 Å². The molecule has 1 heterocycles. The van der Waals surface area contributed by atoms with Crippen LogP contribution in [0.15, 0.2) is 36.8 Å². The van der Waals surface area contributed by atoms with Gasteiger partial charge in [0, 0.05) is 5.56 Å². The fraction of sp³-hybridized carbons (Fsp3) is 0. The number of phenols is 1. The summed E-state index contributed by atoms with van der Waals surface area (Å²) < 4.78 is 6.36. The van der Waals surface area contributed by atoms with Gasteiger partial charge in [-0.3, -0.25) is 0 Å². The second-order valence-electron chi connectivity index (χ2n) is 2.70. The average Bonchev–Trinajstić information content (AvgIpc) is 2.67. The van der Waals surface area contributed by atoms with Crippen molar-refractivity contribution < 1.29 is 8.27 Å². The summed E-state index contributed by atoms with van der Waals surface area (Å²) in [6.07, 6.45) is 3.23. The molecule has 0 unspecified atom stereocenters. The zero-order valence-electron chi connectivity index (χ0n) is 7.09. The first kappa shape index (κ1) is 9.32. The number of aromatic nitrogens is 2. The normalized spacial score (nSPS) is 10.1. The molecule has 1 aromatic heterocycles. The molecule has 0 saturated carbocycles. The van der Waals surface area contributed by atoms with E-state index in [9.17, 15) is 5.11 Å². The fourth-order valence-electron chi connectivity index (χ4n) is 1.17. The molecule has 1 N–H and O–H groups in total. The maximum absolute atomic E-state index is 9.55. The first-order valence-electron chi connectivity index (χ1n) is 3.92. The van der Waals surface area contributed by atoms with Crippen LogP contribution in [-0.4, -0.2) is 14.8 Å². The maximum atomic E-state index is 9.55. The van der Waals surface area contributed by atoms with Crippen molar-refractivity contribution in [1.29, 1.82) is 0 Å². The Morgan fingerprint density at radius 1 is 1.36 bits per heavy atom. The number of aromatic hydroxyl groups is 1. The van der Waals surface area contributed by atoms with E-state index in [-0.39, 0.29) is 5.75 Å². The van der Waals surface area contributed by atoms with Crippen molar-refractivity contribution in [3.63, 3.8) is 0 Å². The van der Waals surface area contributed by atoms with Crippen molar-refractivity contribution in [2.75, 3.05) is 0 Å². The number of hydrogen-bond donors (Lipinski definition) is 1. The standard InChI is InChI=1S/C9H7IN2O2/c10-14-12-5-8(11-6-12)7-3-1-2-4-9(7)13/h1-6,13H. The number of imidazole rings is 1. The molecule has 5 heteroatoms. The molecule has 0 amide bonds. The number of halogens is 1. The minimum absolute atomic E-state index is 0.214. The zero-order chi connectivity index (χ0) is 9.97. The molecule has 72 valence electrons. The van der Waals surface area contributed by atoms with Crippen LogP contribution in [0.4, 0.5) is 0 Å². The highest BCUT2D eigenvalue weighted by Crippen LogP contribution is 2.26. The highest BCUT2D eigenvalue weighted by Gasteiger charge is 2.06. The second kappa shape index (κ2) is 3.87. The second-order valence-corrected chi connectivity index (χ2v) is 3.10. The lowest BCUT2D eigenvalue weighted by atomic mass is 10.1. The van der Waals surface area contributed by atoms with Gasteiger partial charge >= 0.3 is 0 Å². The summed E-state index contributed by atoms with van der Waals surface area (Å²) in [5.74, 6) is 0.214. The highest BCUT2D eigenvalue weighted by atomic mass is 127. The van der Waals surface area contributed by atoms with Gasteiger partial charge < -0.3 is 8.27 Å². The Kier molecular flexibility index (Phi) is 2.58. The maximum Gasteiger partial charge on any atom is 0.227 e. The van der Waals surface area contributed by atoms with Crippen LogP contribution in [0.5, 0.6) is 5.75 Å². The van der Waals surface area contributed by atoms with Crippen LogP contribution < -0.4 is 3.17 Å². The SMILES string of the molecule is Oc1ccccc1-c1cn(OI)cn1. The summed E-state index contributed by atoms with van der Waals surface area (Å²) in [5.41, 5.74) is 1.37. The zero-order valence-corrected chi connectivity index (χ0v) is 9.25. The van der Waals surface area contributed by atoms with Crippen molar-refractivity contribution in [2.24, 2.45) is 0 Å². The van der Waals surface area contributed by atoms with Gasteiger partial charge in [0.05, 0.1) is 11.9 Å².